The first kappa shape index (κ1) is 25.1. The molecule has 11 heteroatoms. The fourth-order valence-electron chi connectivity index (χ4n) is 3.56. The van der Waals surface area contributed by atoms with E-state index in [2.05, 4.69) is 9.44 Å². The van der Waals surface area contributed by atoms with Crippen molar-refractivity contribution in [1.29, 1.82) is 0 Å². The third-order valence-corrected chi connectivity index (χ3v) is 8.78. The lowest BCUT2D eigenvalue weighted by Crippen LogP contribution is -2.51. The molecule has 8 nitrogen and oxygen atoms in total. The predicted molar refractivity (Wildman–Crippen MR) is 122 cm³/mol. The molecule has 1 saturated heterocycles. The van der Waals surface area contributed by atoms with Crippen LogP contribution >= 0.6 is 11.6 Å². The Labute approximate surface area is 194 Å². The Balaban J connectivity index is 1.55. The van der Waals surface area contributed by atoms with Crippen LogP contribution in [-0.2, 0) is 24.8 Å². The minimum Gasteiger partial charge on any atom is -0.394 e. The number of ether oxygens (including phenoxy) is 1. The molecule has 1 aliphatic rings. The normalized spacial score (nSPS) is 22.0. The van der Waals surface area contributed by atoms with Gasteiger partial charge in [0.2, 0.25) is 20.0 Å². The number of aryl methyl sites for hydroxylation is 1. The van der Waals surface area contributed by atoms with Gasteiger partial charge in [-0.3, -0.25) is 0 Å². The van der Waals surface area contributed by atoms with Gasteiger partial charge in [-0.1, -0.05) is 41.4 Å². The van der Waals surface area contributed by atoms with Gasteiger partial charge in [0.25, 0.3) is 0 Å². The molecule has 3 atom stereocenters. The maximum Gasteiger partial charge on any atom is 0.242 e. The predicted octanol–water partition coefficient (Wildman–Crippen LogP) is 2.20. The Morgan fingerprint density at radius 1 is 1.03 bits per heavy atom. The Kier molecular flexibility index (Phi) is 8.31. The molecule has 2 aromatic carbocycles. The summed E-state index contributed by atoms with van der Waals surface area (Å²) < 4.78 is 61.2. The van der Waals surface area contributed by atoms with E-state index in [9.17, 15) is 21.9 Å². The van der Waals surface area contributed by atoms with E-state index >= 15 is 0 Å². The molecule has 0 bridgehead atoms. The minimum absolute atomic E-state index is 0.0361. The summed E-state index contributed by atoms with van der Waals surface area (Å²) in [5, 5.41) is 9.84. The zero-order valence-corrected chi connectivity index (χ0v) is 20.0. The summed E-state index contributed by atoms with van der Waals surface area (Å²) in [7, 11) is -7.51. The molecule has 3 N–H and O–H groups in total. The van der Waals surface area contributed by atoms with E-state index < -0.39 is 32.2 Å². The second kappa shape index (κ2) is 10.6. The standard InChI is InChI=1S/C21H27ClN2O6S2/c1-15-6-9-17(10-7-15)31(26,27)23-13-12-16-8-11-19(20(14-25)30-16)24-32(28,29)21-5-3-2-4-18(21)22/h2-7,9-10,16,19-20,23-25H,8,11-14H2,1H3/t16-,19-,20-/m1/s1. The van der Waals surface area contributed by atoms with E-state index in [1.54, 1.807) is 36.4 Å². The topological polar surface area (TPSA) is 122 Å². The van der Waals surface area contributed by atoms with Gasteiger partial charge < -0.3 is 9.84 Å². The van der Waals surface area contributed by atoms with Crippen LogP contribution in [0.3, 0.4) is 0 Å². The number of aliphatic hydroxyl groups is 1. The Hall–Kier alpha value is -1.53. The Bertz CT molecular complexity index is 1120. The van der Waals surface area contributed by atoms with Gasteiger partial charge >= 0.3 is 0 Å². The van der Waals surface area contributed by atoms with Crippen molar-refractivity contribution >= 4 is 31.6 Å². The van der Waals surface area contributed by atoms with Crippen LogP contribution in [-0.4, -0.2) is 53.3 Å². The van der Waals surface area contributed by atoms with Crippen LogP contribution in [0.25, 0.3) is 0 Å². The molecule has 0 spiro atoms. The lowest BCUT2D eigenvalue weighted by molar-refractivity contribution is -0.0869. The number of sulfonamides is 2. The van der Waals surface area contributed by atoms with Gasteiger partial charge in [0, 0.05) is 6.54 Å². The fourth-order valence-corrected chi connectivity index (χ4v) is 6.43. The highest BCUT2D eigenvalue weighted by Gasteiger charge is 2.34. The van der Waals surface area contributed by atoms with Gasteiger partial charge in [0.1, 0.15) is 4.90 Å². The first-order valence-corrected chi connectivity index (χ1v) is 13.6. The first-order chi connectivity index (χ1) is 15.1. The average molecular weight is 503 g/mol. The van der Waals surface area contributed by atoms with Crippen LogP contribution in [0, 0.1) is 6.92 Å². The molecule has 3 rings (SSSR count). The molecule has 1 fully saturated rings. The third-order valence-electron chi connectivity index (χ3n) is 5.32. The smallest absolute Gasteiger partial charge is 0.242 e. The van der Waals surface area contributed by atoms with Crippen LogP contribution in [0.4, 0.5) is 0 Å². The summed E-state index contributed by atoms with van der Waals surface area (Å²) in [5.41, 5.74) is 0.967. The Morgan fingerprint density at radius 2 is 1.72 bits per heavy atom. The second-order valence-electron chi connectivity index (χ2n) is 7.71. The van der Waals surface area contributed by atoms with Crippen molar-refractivity contribution in [2.75, 3.05) is 13.2 Å². The van der Waals surface area contributed by atoms with Gasteiger partial charge in [0.05, 0.1) is 34.8 Å². The monoisotopic (exact) mass is 502 g/mol. The zero-order chi connectivity index (χ0) is 23.4. The lowest BCUT2D eigenvalue weighted by atomic mass is 9.98. The fraction of sp³-hybridized carbons (Fsp3) is 0.429. The first-order valence-electron chi connectivity index (χ1n) is 10.2. The molecule has 0 saturated carbocycles. The van der Waals surface area contributed by atoms with Gasteiger partial charge in [-0.25, -0.2) is 26.3 Å². The molecule has 0 amide bonds. The van der Waals surface area contributed by atoms with Crippen molar-refractivity contribution in [2.45, 2.75) is 54.2 Å². The van der Waals surface area contributed by atoms with E-state index in [1.807, 2.05) is 6.92 Å². The van der Waals surface area contributed by atoms with Gasteiger partial charge in [-0.15, -0.1) is 0 Å². The zero-order valence-electron chi connectivity index (χ0n) is 17.6. The third kappa shape index (κ3) is 6.28. The largest absolute Gasteiger partial charge is 0.394 e. The van der Waals surface area contributed by atoms with Crippen molar-refractivity contribution in [3.63, 3.8) is 0 Å². The summed E-state index contributed by atoms with van der Waals surface area (Å²) in [4.78, 5) is 0.154. The molecule has 32 heavy (non-hydrogen) atoms. The minimum atomic E-state index is -3.89. The van der Waals surface area contributed by atoms with Crippen molar-refractivity contribution in [3.8, 4) is 0 Å². The summed E-state index contributed by atoms with van der Waals surface area (Å²) in [6, 6.07) is 12.0. The van der Waals surface area contributed by atoms with Gasteiger partial charge in [-0.2, -0.15) is 0 Å². The summed E-state index contributed by atoms with van der Waals surface area (Å²) in [5.74, 6) is 0. The van der Waals surface area contributed by atoms with Gasteiger partial charge in [0.15, 0.2) is 0 Å². The summed E-state index contributed by atoms with van der Waals surface area (Å²) in [6.45, 7) is 1.67. The Morgan fingerprint density at radius 3 is 2.38 bits per heavy atom. The molecule has 176 valence electrons. The highest BCUT2D eigenvalue weighted by atomic mass is 35.5. The summed E-state index contributed by atoms with van der Waals surface area (Å²) >= 11 is 6.01. The van der Waals surface area contributed by atoms with Crippen LogP contribution < -0.4 is 9.44 Å². The molecule has 2 aromatic rings. The molecular formula is C21H27ClN2O6S2. The number of halogens is 1. The van der Waals surface area contributed by atoms with E-state index in [0.29, 0.717) is 19.3 Å². The van der Waals surface area contributed by atoms with Crippen LogP contribution in [0.15, 0.2) is 58.3 Å². The van der Waals surface area contributed by atoms with Crippen molar-refractivity contribution in [3.05, 3.63) is 59.1 Å². The van der Waals surface area contributed by atoms with Gasteiger partial charge in [-0.05, 0) is 50.5 Å². The van der Waals surface area contributed by atoms with Crippen molar-refractivity contribution in [2.24, 2.45) is 0 Å². The molecular weight excluding hydrogens is 476 g/mol. The van der Waals surface area contributed by atoms with Crippen LogP contribution in [0.2, 0.25) is 5.02 Å². The van der Waals surface area contributed by atoms with E-state index in [-0.39, 0.29) is 34.1 Å². The number of hydrogen-bond acceptors (Lipinski definition) is 6. The van der Waals surface area contributed by atoms with Crippen molar-refractivity contribution < 1.29 is 26.7 Å². The number of hydrogen-bond donors (Lipinski definition) is 3. The van der Waals surface area contributed by atoms with Crippen LogP contribution in [0.1, 0.15) is 24.8 Å². The average Bonchev–Trinajstić information content (AvgIpc) is 2.75. The molecule has 0 unspecified atom stereocenters. The number of benzene rings is 2. The number of nitrogens with one attached hydrogen (secondary N) is 2. The number of aliphatic hydroxyl groups excluding tert-OH is 1. The van der Waals surface area contributed by atoms with E-state index in [1.165, 1.54) is 12.1 Å². The van der Waals surface area contributed by atoms with Crippen molar-refractivity contribution in [1.82, 2.24) is 9.44 Å². The maximum atomic E-state index is 12.7. The highest BCUT2D eigenvalue weighted by Crippen LogP contribution is 2.25. The maximum absolute atomic E-state index is 12.7. The lowest BCUT2D eigenvalue weighted by Gasteiger charge is -2.36. The second-order valence-corrected chi connectivity index (χ2v) is 11.6. The SMILES string of the molecule is Cc1ccc(S(=O)(=O)NCC[C@H]2CC[C@@H](NS(=O)(=O)c3ccccc3Cl)[C@@H](CO)O2)cc1. The quantitative estimate of drug-likeness (QED) is 0.483. The van der Waals surface area contributed by atoms with Crippen LogP contribution in [0.5, 0.6) is 0 Å². The molecule has 0 aliphatic carbocycles. The molecule has 0 aromatic heterocycles. The molecule has 0 radical (unpaired) electrons. The highest BCUT2D eigenvalue weighted by molar-refractivity contribution is 7.89. The van der Waals surface area contributed by atoms with E-state index in [0.717, 1.165) is 5.56 Å². The van der Waals surface area contributed by atoms with E-state index in [4.69, 9.17) is 16.3 Å². The summed E-state index contributed by atoms with van der Waals surface area (Å²) in [6.07, 6.45) is 0.280. The number of rotatable bonds is 9. The molecule has 1 heterocycles. The molecule has 1 aliphatic heterocycles.